The van der Waals surface area contributed by atoms with Crippen LogP contribution in [0.15, 0.2) is 110 Å². The van der Waals surface area contributed by atoms with Crippen LogP contribution in [0, 0.1) is 0 Å². The minimum absolute atomic E-state index is 0.994. The van der Waals surface area contributed by atoms with Gasteiger partial charge in [0.1, 0.15) is 12.7 Å². The average molecular weight is 410 g/mol. The van der Waals surface area contributed by atoms with Gasteiger partial charge < -0.3 is 0 Å². The number of nitrogens with zero attached hydrogens (tertiary/aromatic N) is 4. The number of rotatable bonds is 2. The number of imidazole rings is 2. The molecule has 0 saturated carbocycles. The van der Waals surface area contributed by atoms with Crippen LogP contribution in [0.5, 0.6) is 0 Å². The Morgan fingerprint density at radius 1 is 0.438 bits per heavy atom. The fourth-order valence-corrected chi connectivity index (χ4v) is 4.59. The maximum atomic E-state index is 4.67. The summed E-state index contributed by atoms with van der Waals surface area (Å²) < 4.78 is 4.31. The predicted molar refractivity (Wildman–Crippen MR) is 131 cm³/mol. The minimum atomic E-state index is 0.994. The van der Waals surface area contributed by atoms with Crippen molar-refractivity contribution in [2.24, 2.45) is 0 Å². The maximum absolute atomic E-state index is 4.67. The lowest BCUT2D eigenvalue weighted by molar-refractivity contribution is 1.06. The standard InChI is InChI=1S/C28H18N4/c1-3-8-21-14-27-25(12-19(21)6-1)29-17-31(27)23-10-5-11-24(16-23)32-18-30-26-13-20-7-2-4-9-22(20)15-28(26)32/h1-18H. The van der Waals surface area contributed by atoms with Crippen LogP contribution in [0.4, 0.5) is 0 Å². The lowest BCUT2D eigenvalue weighted by Gasteiger charge is -2.10. The molecule has 0 aliphatic rings. The van der Waals surface area contributed by atoms with Crippen molar-refractivity contribution in [1.29, 1.82) is 0 Å². The van der Waals surface area contributed by atoms with Crippen LogP contribution >= 0.6 is 0 Å². The Morgan fingerprint density at radius 2 is 0.875 bits per heavy atom. The van der Waals surface area contributed by atoms with Gasteiger partial charge in [0.25, 0.3) is 0 Å². The summed E-state index contributed by atoms with van der Waals surface area (Å²) in [6.45, 7) is 0. The molecule has 150 valence electrons. The first-order valence-electron chi connectivity index (χ1n) is 10.7. The Bertz CT molecular complexity index is 1660. The molecule has 0 N–H and O–H groups in total. The van der Waals surface area contributed by atoms with Gasteiger partial charge in [-0.3, -0.25) is 9.13 Å². The molecule has 0 amide bonds. The highest BCUT2D eigenvalue weighted by Gasteiger charge is 2.10. The zero-order valence-electron chi connectivity index (χ0n) is 17.2. The van der Waals surface area contributed by atoms with Crippen LogP contribution < -0.4 is 0 Å². The second kappa shape index (κ2) is 6.53. The summed E-state index contributed by atoms with van der Waals surface area (Å²) in [5.74, 6) is 0. The summed E-state index contributed by atoms with van der Waals surface area (Å²) in [5.41, 5.74) is 6.33. The zero-order valence-corrected chi connectivity index (χ0v) is 17.2. The van der Waals surface area contributed by atoms with Crippen molar-refractivity contribution in [1.82, 2.24) is 19.1 Å². The van der Waals surface area contributed by atoms with Gasteiger partial charge in [0.15, 0.2) is 0 Å². The van der Waals surface area contributed by atoms with Gasteiger partial charge in [-0.1, -0.05) is 54.6 Å². The van der Waals surface area contributed by atoms with E-state index in [9.17, 15) is 0 Å². The van der Waals surface area contributed by atoms with E-state index < -0.39 is 0 Å². The van der Waals surface area contributed by atoms with E-state index in [1.54, 1.807) is 0 Å². The van der Waals surface area contributed by atoms with Gasteiger partial charge in [-0.2, -0.15) is 0 Å². The van der Waals surface area contributed by atoms with E-state index >= 15 is 0 Å². The third kappa shape index (κ3) is 2.56. The molecular weight excluding hydrogens is 392 g/mol. The second-order valence-corrected chi connectivity index (χ2v) is 8.13. The summed E-state index contributed by atoms with van der Waals surface area (Å²) >= 11 is 0. The fourth-order valence-electron chi connectivity index (χ4n) is 4.59. The quantitative estimate of drug-likeness (QED) is 0.319. The molecule has 0 unspecified atom stereocenters. The normalized spacial score (nSPS) is 11.8. The molecule has 5 aromatic carbocycles. The van der Waals surface area contributed by atoms with E-state index in [1.807, 2.05) is 12.7 Å². The van der Waals surface area contributed by atoms with Gasteiger partial charge in [0.05, 0.1) is 22.1 Å². The average Bonchev–Trinajstić information content (AvgIpc) is 3.44. The van der Waals surface area contributed by atoms with Gasteiger partial charge in [0, 0.05) is 11.4 Å². The van der Waals surface area contributed by atoms with Crippen LogP contribution in [-0.2, 0) is 0 Å². The lowest BCUT2D eigenvalue weighted by Crippen LogP contribution is -1.96. The van der Waals surface area contributed by atoms with Gasteiger partial charge in [0.2, 0.25) is 0 Å². The summed E-state index contributed by atoms with van der Waals surface area (Å²) in [7, 11) is 0. The Balaban J connectivity index is 1.40. The molecule has 32 heavy (non-hydrogen) atoms. The Kier molecular flexibility index (Phi) is 3.52. The van der Waals surface area contributed by atoms with E-state index in [-0.39, 0.29) is 0 Å². The minimum Gasteiger partial charge on any atom is -0.299 e. The zero-order chi connectivity index (χ0) is 21.1. The van der Waals surface area contributed by atoms with Crippen LogP contribution in [0.2, 0.25) is 0 Å². The van der Waals surface area contributed by atoms with E-state index in [4.69, 9.17) is 0 Å². The first-order valence-corrected chi connectivity index (χ1v) is 10.7. The molecule has 2 aromatic heterocycles. The van der Waals surface area contributed by atoms with E-state index in [1.165, 1.54) is 21.5 Å². The van der Waals surface area contributed by atoms with E-state index in [0.717, 1.165) is 33.4 Å². The number of hydrogen-bond donors (Lipinski definition) is 0. The molecule has 0 fully saturated rings. The smallest absolute Gasteiger partial charge is 0.100 e. The van der Waals surface area contributed by atoms with Gasteiger partial charge in [-0.15, -0.1) is 0 Å². The van der Waals surface area contributed by atoms with Crippen LogP contribution in [0.1, 0.15) is 0 Å². The van der Waals surface area contributed by atoms with Crippen molar-refractivity contribution < 1.29 is 0 Å². The summed E-state index contributed by atoms with van der Waals surface area (Å²) in [6, 6.07) is 34.1. The van der Waals surface area contributed by atoms with Crippen molar-refractivity contribution in [2.75, 3.05) is 0 Å². The molecule has 0 atom stereocenters. The molecule has 0 aliphatic carbocycles. The predicted octanol–water partition coefficient (Wildman–Crippen LogP) is 6.67. The number of hydrogen-bond acceptors (Lipinski definition) is 2. The molecule has 7 aromatic rings. The third-order valence-electron chi connectivity index (χ3n) is 6.22. The highest BCUT2D eigenvalue weighted by molar-refractivity contribution is 5.97. The molecule has 0 aliphatic heterocycles. The van der Waals surface area contributed by atoms with Crippen molar-refractivity contribution in [3.63, 3.8) is 0 Å². The van der Waals surface area contributed by atoms with Crippen molar-refractivity contribution in [3.05, 3.63) is 110 Å². The highest BCUT2D eigenvalue weighted by atomic mass is 15.1. The van der Waals surface area contributed by atoms with E-state index in [2.05, 4.69) is 116 Å². The first kappa shape index (κ1) is 17.3. The second-order valence-electron chi connectivity index (χ2n) is 8.13. The molecule has 4 nitrogen and oxygen atoms in total. The molecule has 0 saturated heterocycles. The molecule has 4 heteroatoms. The number of benzene rings is 5. The maximum Gasteiger partial charge on any atom is 0.100 e. The first-order chi connectivity index (χ1) is 15.8. The Hall–Kier alpha value is -4.44. The van der Waals surface area contributed by atoms with Crippen LogP contribution in [0.3, 0.4) is 0 Å². The molecule has 0 radical (unpaired) electrons. The van der Waals surface area contributed by atoms with E-state index in [0.29, 0.717) is 0 Å². The fraction of sp³-hybridized carbons (Fsp3) is 0. The topological polar surface area (TPSA) is 35.6 Å². The lowest BCUT2D eigenvalue weighted by atomic mass is 10.1. The van der Waals surface area contributed by atoms with Gasteiger partial charge in [-0.05, 0) is 64.0 Å². The van der Waals surface area contributed by atoms with Crippen molar-refractivity contribution in [3.8, 4) is 11.4 Å². The van der Waals surface area contributed by atoms with Crippen molar-refractivity contribution in [2.45, 2.75) is 0 Å². The Labute approximate surface area is 184 Å². The number of fused-ring (bicyclic) bond motifs is 4. The molecule has 7 rings (SSSR count). The molecule has 2 heterocycles. The molecule has 0 bridgehead atoms. The summed E-state index contributed by atoms with van der Waals surface area (Å²) in [4.78, 5) is 9.33. The van der Waals surface area contributed by atoms with Gasteiger partial charge >= 0.3 is 0 Å². The molecular formula is C28H18N4. The summed E-state index contributed by atoms with van der Waals surface area (Å²) in [5, 5.41) is 4.84. The largest absolute Gasteiger partial charge is 0.299 e. The van der Waals surface area contributed by atoms with Crippen molar-refractivity contribution >= 4 is 43.6 Å². The third-order valence-corrected chi connectivity index (χ3v) is 6.22. The highest BCUT2D eigenvalue weighted by Crippen LogP contribution is 2.27. The monoisotopic (exact) mass is 410 g/mol. The molecule has 0 spiro atoms. The summed E-state index contributed by atoms with van der Waals surface area (Å²) in [6.07, 6.45) is 3.81. The Morgan fingerprint density at radius 3 is 1.34 bits per heavy atom. The number of aromatic nitrogens is 4. The van der Waals surface area contributed by atoms with Crippen LogP contribution in [0.25, 0.3) is 55.0 Å². The van der Waals surface area contributed by atoms with Gasteiger partial charge in [-0.25, -0.2) is 9.97 Å². The SMILES string of the molecule is c1cc(-n2cnc3cc4ccccc4cc32)cc(-n2cnc3cc4ccccc4cc32)c1. The van der Waals surface area contributed by atoms with Crippen LogP contribution in [-0.4, -0.2) is 19.1 Å².